The molecular weight excluding hydrogens is 348 g/mol. The molecule has 0 aromatic heterocycles. The first-order valence-electron chi connectivity index (χ1n) is 9.77. The Hall–Kier alpha value is -2.42. The van der Waals surface area contributed by atoms with Crippen molar-refractivity contribution < 1.29 is 14.9 Å². The Labute approximate surface area is 169 Å². The van der Waals surface area contributed by atoms with Gasteiger partial charge >= 0.3 is 0 Å². The number of phenolic OH excluding ortho intramolecular Hbond substituents is 2. The molecule has 0 aliphatic rings. The van der Waals surface area contributed by atoms with E-state index in [4.69, 9.17) is 4.74 Å². The zero-order valence-electron chi connectivity index (χ0n) is 18.4. The van der Waals surface area contributed by atoms with E-state index in [1.807, 2.05) is 12.1 Å². The average Bonchev–Trinajstić information content (AvgIpc) is 2.58. The largest absolute Gasteiger partial charge is 0.507 e. The Morgan fingerprint density at radius 2 is 1.43 bits per heavy atom. The molecule has 0 saturated carbocycles. The molecule has 2 N–H and O–H groups in total. The summed E-state index contributed by atoms with van der Waals surface area (Å²) in [7, 11) is 1.55. The number of phenols is 2. The molecule has 1 atom stereocenters. The molecule has 152 valence electrons. The van der Waals surface area contributed by atoms with Crippen molar-refractivity contribution in [2.75, 3.05) is 7.11 Å². The van der Waals surface area contributed by atoms with Crippen LogP contribution in [-0.2, 0) is 10.8 Å². The highest BCUT2D eigenvalue weighted by atomic mass is 16.5. The number of aromatic hydroxyl groups is 2. The Bertz CT molecular complexity index is 829. The normalized spacial score (nSPS) is 13.7. The molecule has 0 spiro atoms. The van der Waals surface area contributed by atoms with Gasteiger partial charge in [-0.2, -0.15) is 0 Å². The van der Waals surface area contributed by atoms with Crippen LogP contribution in [0.15, 0.2) is 36.4 Å². The standard InChI is InChI=1S/C25H34O3/c1-16(18-11-12-21(26)22(15-18)28-8)9-10-17-13-19(24(2,3)4)23(27)20(14-17)25(5,6)7/h9-16,26-27H,1-8H3. The highest BCUT2D eigenvalue weighted by Gasteiger charge is 2.26. The van der Waals surface area contributed by atoms with Crippen LogP contribution in [0.2, 0.25) is 0 Å². The van der Waals surface area contributed by atoms with Crippen molar-refractivity contribution in [3.05, 3.63) is 58.7 Å². The zero-order chi connectivity index (χ0) is 21.3. The van der Waals surface area contributed by atoms with Crippen LogP contribution in [0, 0.1) is 0 Å². The summed E-state index contributed by atoms with van der Waals surface area (Å²) in [6.07, 6.45) is 4.24. The lowest BCUT2D eigenvalue weighted by molar-refractivity contribution is 0.373. The average molecular weight is 383 g/mol. The lowest BCUT2D eigenvalue weighted by Gasteiger charge is -2.28. The molecule has 0 aliphatic carbocycles. The van der Waals surface area contributed by atoms with E-state index in [1.165, 1.54) is 0 Å². The second-order valence-corrected chi connectivity index (χ2v) is 9.54. The van der Waals surface area contributed by atoms with Crippen LogP contribution in [0.1, 0.15) is 76.6 Å². The van der Waals surface area contributed by atoms with E-state index in [9.17, 15) is 10.2 Å². The van der Waals surface area contributed by atoms with Gasteiger partial charge in [-0.15, -0.1) is 0 Å². The maximum atomic E-state index is 10.9. The zero-order valence-corrected chi connectivity index (χ0v) is 18.4. The third-order valence-corrected chi connectivity index (χ3v) is 5.06. The Morgan fingerprint density at radius 1 is 0.893 bits per heavy atom. The van der Waals surface area contributed by atoms with Crippen molar-refractivity contribution in [2.45, 2.75) is 65.2 Å². The first kappa shape index (κ1) is 21.9. The van der Waals surface area contributed by atoms with Crippen molar-refractivity contribution in [3.8, 4) is 17.2 Å². The van der Waals surface area contributed by atoms with E-state index in [-0.39, 0.29) is 22.5 Å². The maximum absolute atomic E-state index is 10.9. The second-order valence-electron chi connectivity index (χ2n) is 9.54. The van der Waals surface area contributed by atoms with Crippen LogP contribution in [0.25, 0.3) is 6.08 Å². The van der Waals surface area contributed by atoms with Gasteiger partial charge in [0.15, 0.2) is 11.5 Å². The molecule has 2 aromatic carbocycles. The molecule has 0 bridgehead atoms. The van der Waals surface area contributed by atoms with Gasteiger partial charge in [-0.1, -0.05) is 66.7 Å². The van der Waals surface area contributed by atoms with E-state index in [0.29, 0.717) is 11.5 Å². The molecule has 2 rings (SSSR count). The molecule has 28 heavy (non-hydrogen) atoms. The summed E-state index contributed by atoms with van der Waals surface area (Å²) in [6, 6.07) is 9.58. The van der Waals surface area contributed by atoms with Gasteiger partial charge < -0.3 is 14.9 Å². The third-order valence-electron chi connectivity index (χ3n) is 5.06. The Kier molecular flexibility index (Phi) is 6.18. The summed E-state index contributed by atoms with van der Waals surface area (Å²) in [4.78, 5) is 0. The number of rotatable bonds is 4. The molecular formula is C25H34O3. The van der Waals surface area contributed by atoms with Crippen LogP contribution in [0.4, 0.5) is 0 Å². The molecule has 0 saturated heterocycles. The van der Waals surface area contributed by atoms with E-state index < -0.39 is 0 Å². The van der Waals surface area contributed by atoms with Crippen LogP contribution in [-0.4, -0.2) is 17.3 Å². The van der Waals surface area contributed by atoms with Gasteiger partial charge in [0.1, 0.15) is 5.75 Å². The number of methoxy groups -OCH3 is 1. The molecule has 0 fully saturated rings. The van der Waals surface area contributed by atoms with Gasteiger partial charge in [0, 0.05) is 11.1 Å². The fraction of sp³-hybridized carbons (Fsp3) is 0.440. The van der Waals surface area contributed by atoms with E-state index in [2.05, 4.69) is 72.8 Å². The number of ether oxygens (including phenoxy) is 1. The topological polar surface area (TPSA) is 49.7 Å². The summed E-state index contributed by atoms with van der Waals surface area (Å²) in [5.41, 5.74) is 3.76. The van der Waals surface area contributed by atoms with Crippen molar-refractivity contribution in [3.63, 3.8) is 0 Å². The molecule has 0 radical (unpaired) electrons. The smallest absolute Gasteiger partial charge is 0.160 e. The fourth-order valence-corrected chi connectivity index (χ4v) is 3.24. The minimum Gasteiger partial charge on any atom is -0.507 e. The summed E-state index contributed by atoms with van der Waals surface area (Å²) < 4.78 is 5.22. The summed E-state index contributed by atoms with van der Waals surface area (Å²) in [5, 5.41) is 20.7. The Morgan fingerprint density at radius 3 is 1.89 bits per heavy atom. The molecule has 0 heterocycles. The monoisotopic (exact) mass is 382 g/mol. The van der Waals surface area contributed by atoms with Crippen molar-refractivity contribution >= 4 is 6.08 Å². The van der Waals surface area contributed by atoms with Crippen molar-refractivity contribution in [2.24, 2.45) is 0 Å². The first-order valence-corrected chi connectivity index (χ1v) is 9.77. The lowest BCUT2D eigenvalue weighted by atomic mass is 9.78. The first-order chi connectivity index (χ1) is 12.8. The van der Waals surface area contributed by atoms with Gasteiger partial charge in [-0.05, 0) is 52.1 Å². The summed E-state index contributed by atoms with van der Waals surface area (Å²) in [6.45, 7) is 14.8. The highest BCUT2D eigenvalue weighted by Crippen LogP contribution is 2.40. The molecule has 3 heteroatoms. The predicted molar refractivity (Wildman–Crippen MR) is 118 cm³/mol. The van der Waals surface area contributed by atoms with Gasteiger partial charge in [0.2, 0.25) is 0 Å². The molecule has 3 nitrogen and oxygen atoms in total. The van der Waals surface area contributed by atoms with Crippen LogP contribution < -0.4 is 4.74 Å². The third kappa shape index (κ3) is 4.89. The van der Waals surface area contributed by atoms with E-state index >= 15 is 0 Å². The molecule has 1 unspecified atom stereocenters. The van der Waals surface area contributed by atoms with E-state index in [1.54, 1.807) is 13.2 Å². The number of allylic oxidation sites excluding steroid dienone is 1. The number of hydrogen-bond acceptors (Lipinski definition) is 3. The second kappa shape index (κ2) is 7.90. The summed E-state index contributed by atoms with van der Waals surface area (Å²) >= 11 is 0. The van der Waals surface area contributed by atoms with Gasteiger partial charge in [0.25, 0.3) is 0 Å². The molecule has 0 aliphatic heterocycles. The van der Waals surface area contributed by atoms with Crippen LogP contribution in [0.3, 0.4) is 0 Å². The fourth-order valence-electron chi connectivity index (χ4n) is 3.24. The maximum Gasteiger partial charge on any atom is 0.160 e. The van der Waals surface area contributed by atoms with Crippen LogP contribution >= 0.6 is 0 Å². The minimum absolute atomic E-state index is 0.144. The SMILES string of the molecule is COc1cc(C(C)C=Cc2cc(C(C)(C)C)c(O)c(C(C)(C)C)c2)ccc1O. The van der Waals surface area contributed by atoms with Crippen LogP contribution in [0.5, 0.6) is 17.2 Å². The summed E-state index contributed by atoms with van der Waals surface area (Å²) in [5.74, 6) is 1.17. The highest BCUT2D eigenvalue weighted by molar-refractivity contribution is 5.60. The van der Waals surface area contributed by atoms with Gasteiger partial charge in [-0.3, -0.25) is 0 Å². The number of hydrogen-bond donors (Lipinski definition) is 2. The quantitative estimate of drug-likeness (QED) is 0.633. The van der Waals surface area contributed by atoms with Crippen molar-refractivity contribution in [1.82, 2.24) is 0 Å². The van der Waals surface area contributed by atoms with Gasteiger partial charge in [-0.25, -0.2) is 0 Å². The Balaban J connectivity index is 2.45. The predicted octanol–water partition coefficient (Wildman–Crippen LogP) is 6.52. The number of benzene rings is 2. The van der Waals surface area contributed by atoms with E-state index in [0.717, 1.165) is 22.3 Å². The van der Waals surface area contributed by atoms with Crippen molar-refractivity contribution in [1.29, 1.82) is 0 Å². The minimum atomic E-state index is -0.149. The molecule has 2 aromatic rings. The lowest BCUT2D eigenvalue weighted by Crippen LogP contribution is -2.17. The molecule has 0 amide bonds. The van der Waals surface area contributed by atoms with Gasteiger partial charge in [0.05, 0.1) is 7.11 Å².